The van der Waals surface area contributed by atoms with Crippen LogP contribution in [0.25, 0.3) is 22.6 Å². The third-order valence-electron chi connectivity index (χ3n) is 3.97. The van der Waals surface area contributed by atoms with Crippen LogP contribution < -0.4 is 0 Å². The van der Waals surface area contributed by atoms with Gasteiger partial charge in [0, 0.05) is 11.8 Å². The Balaban J connectivity index is 1.88. The number of benzene rings is 1. The summed E-state index contributed by atoms with van der Waals surface area (Å²) in [6.45, 7) is 2.08. The number of imidazole rings is 1. The molecule has 1 aliphatic rings. The number of aromatic nitrogens is 3. The Morgan fingerprint density at radius 3 is 2.89 bits per heavy atom. The van der Waals surface area contributed by atoms with E-state index < -0.39 is 0 Å². The molecule has 4 rings (SSSR count). The molecule has 1 aliphatic carbocycles. The molecule has 94 valence electrons. The molecule has 0 aliphatic heterocycles. The van der Waals surface area contributed by atoms with Crippen LogP contribution in [-0.2, 0) is 12.8 Å². The molecule has 0 saturated heterocycles. The Bertz CT molecular complexity index is 771. The predicted octanol–water partition coefficient (Wildman–Crippen LogP) is 3.42. The number of H-pyrrole nitrogens is 1. The summed E-state index contributed by atoms with van der Waals surface area (Å²) in [6.07, 6.45) is 5.50. The second-order valence-corrected chi connectivity index (χ2v) is 5.25. The molecule has 1 aromatic carbocycles. The molecule has 0 radical (unpaired) electrons. The first-order valence-electron chi connectivity index (χ1n) is 6.75. The standard InChI is InChI=1S/C16H15N3/c1-10-7-8-17-16-14(10)18-15(19-16)13-6-5-11-3-2-4-12(11)9-13/h5-9H,2-4H2,1H3,(H,17,18,19). The normalized spacial score (nSPS) is 13.9. The lowest BCUT2D eigenvalue weighted by Crippen LogP contribution is -1.86. The summed E-state index contributed by atoms with van der Waals surface area (Å²) < 4.78 is 0. The van der Waals surface area contributed by atoms with Crippen LogP contribution in [0, 0.1) is 6.92 Å². The van der Waals surface area contributed by atoms with Crippen LogP contribution in [0.4, 0.5) is 0 Å². The van der Waals surface area contributed by atoms with Crippen molar-refractivity contribution >= 4 is 11.2 Å². The van der Waals surface area contributed by atoms with Crippen molar-refractivity contribution in [2.45, 2.75) is 26.2 Å². The third-order valence-corrected chi connectivity index (χ3v) is 3.97. The van der Waals surface area contributed by atoms with Crippen LogP contribution in [-0.4, -0.2) is 15.0 Å². The van der Waals surface area contributed by atoms with Crippen LogP contribution in [0.1, 0.15) is 23.1 Å². The first-order valence-corrected chi connectivity index (χ1v) is 6.75. The molecular weight excluding hydrogens is 234 g/mol. The van der Waals surface area contributed by atoms with Crippen LogP contribution in [0.3, 0.4) is 0 Å². The first kappa shape index (κ1) is 10.7. The van der Waals surface area contributed by atoms with Gasteiger partial charge in [-0.05, 0) is 55.0 Å². The minimum absolute atomic E-state index is 0.801. The van der Waals surface area contributed by atoms with Crippen molar-refractivity contribution in [3.8, 4) is 11.4 Å². The van der Waals surface area contributed by atoms with E-state index in [1.807, 2.05) is 12.3 Å². The smallest absolute Gasteiger partial charge is 0.178 e. The Kier molecular flexibility index (Phi) is 2.21. The Morgan fingerprint density at radius 2 is 2.00 bits per heavy atom. The van der Waals surface area contributed by atoms with Gasteiger partial charge in [-0.1, -0.05) is 12.1 Å². The summed E-state index contributed by atoms with van der Waals surface area (Å²) in [7, 11) is 0. The van der Waals surface area contributed by atoms with Crippen molar-refractivity contribution in [2.75, 3.05) is 0 Å². The highest BCUT2D eigenvalue weighted by Crippen LogP contribution is 2.28. The molecule has 3 aromatic rings. The van der Waals surface area contributed by atoms with Gasteiger partial charge in [-0.15, -0.1) is 0 Å². The van der Waals surface area contributed by atoms with E-state index in [9.17, 15) is 0 Å². The molecule has 0 spiro atoms. The maximum absolute atomic E-state index is 4.60. The highest BCUT2D eigenvalue weighted by atomic mass is 15.0. The lowest BCUT2D eigenvalue weighted by molar-refractivity contribution is 0.912. The highest BCUT2D eigenvalue weighted by Gasteiger charge is 2.13. The number of fused-ring (bicyclic) bond motifs is 2. The van der Waals surface area contributed by atoms with Crippen LogP contribution in [0.2, 0.25) is 0 Å². The summed E-state index contributed by atoms with van der Waals surface area (Å²) in [5.41, 5.74) is 7.16. The fraction of sp³-hybridized carbons (Fsp3) is 0.250. The van der Waals surface area contributed by atoms with Crippen LogP contribution >= 0.6 is 0 Å². The third kappa shape index (κ3) is 1.65. The van der Waals surface area contributed by atoms with Crippen molar-refractivity contribution in [3.63, 3.8) is 0 Å². The van der Waals surface area contributed by atoms with Gasteiger partial charge in [0.15, 0.2) is 5.65 Å². The second-order valence-electron chi connectivity index (χ2n) is 5.25. The van der Waals surface area contributed by atoms with E-state index in [1.165, 1.54) is 36.0 Å². The Hall–Kier alpha value is -2.16. The maximum Gasteiger partial charge on any atom is 0.178 e. The minimum atomic E-state index is 0.801. The van der Waals surface area contributed by atoms with Gasteiger partial charge in [0.05, 0.1) is 5.52 Å². The molecular formula is C16H15N3. The Labute approximate surface area is 111 Å². The average Bonchev–Trinajstić information content (AvgIpc) is 3.04. The molecule has 0 unspecified atom stereocenters. The monoisotopic (exact) mass is 249 g/mol. The maximum atomic E-state index is 4.60. The molecule has 0 saturated carbocycles. The number of pyridine rings is 1. The number of aromatic amines is 1. The highest BCUT2D eigenvalue weighted by molar-refractivity contribution is 5.78. The fourth-order valence-electron chi connectivity index (χ4n) is 2.89. The topological polar surface area (TPSA) is 41.6 Å². The quantitative estimate of drug-likeness (QED) is 0.718. The predicted molar refractivity (Wildman–Crippen MR) is 76.1 cm³/mol. The molecule has 0 atom stereocenters. The lowest BCUT2D eigenvalue weighted by Gasteiger charge is -2.01. The molecule has 0 fully saturated rings. The summed E-state index contributed by atoms with van der Waals surface area (Å²) in [6, 6.07) is 8.69. The van der Waals surface area contributed by atoms with Crippen LogP contribution in [0.15, 0.2) is 30.5 Å². The molecule has 0 amide bonds. The molecule has 0 bridgehead atoms. The van der Waals surface area contributed by atoms with Gasteiger partial charge in [-0.3, -0.25) is 0 Å². The molecule has 2 aromatic heterocycles. The lowest BCUT2D eigenvalue weighted by atomic mass is 10.1. The zero-order valence-corrected chi connectivity index (χ0v) is 10.9. The number of hydrogen-bond donors (Lipinski definition) is 1. The number of hydrogen-bond acceptors (Lipinski definition) is 2. The van der Waals surface area contributed by atoms with Gasteiger partial charge in [0.25, 0.3) is 0 Å². The fourth-order valence-corrected chi connectivity index (χ4v) is 2.89. The van der Waals surface area contributed by atoms with Gasteiger partial charge < -0.3 is 4.98 Å². The number of nitrogens with one attached hydrogen (secondary N) is 1. The zero-order chi connectivity index (χ0) is 12.8. The number of aryl methyl sites for hydroxylation is 3. The summed E-state index contributed by atoms with van der Waals surface area (Å²) in [5, 5.41) is 0. The summed E-state index contributed by atoms with van der Waals surface area (Å²) in [4.78, 5) is 12.3. The van der Waals surface area contributed by atoms with Gasteiger partial charge in [-0.25, -0.2) is 9.97 Å². The second kappa shape index (κ2) is 3.92. The first-order chi connectivity index (χ1) is 9.31. The van der Waals surface area contributed by atoms with Crippen LogP contribution in [0.5, 0.6) is 0 Å². The van der Waals surface area contributed by atoms with E-state index in [-0.39, 0.29) is 0 Å². The molecule has 1 N–H and O–H groups in total. The zero-order valence-electron chi connectivity index (χ0n) is 10.9. The molecule has 2 heterocycles. The Morgan fingerprint density at radius 1 is 1.11 bits per heavy atom. The van der Waals surface area contributed by atoms with Crippen molar-refractivity contribution in [2.24, 2.45) is 0 Å². The number of rotatable bonds is 1. The van der Waals surface area contributed by atoms with Gasteiger partial charge in [0.1, 0.15) is 5.82 Å². The van der Waals surface area contributed by atoms with Crippen molar-refractivity contribution in [1.82, 2.24) is 15.0 Å². The van der Waals surface area contributed by atoms with E-state index in [2.05, 4.69) is 40.1 Å². The van der Waals surface area contributed by atoms with Gasteiger partial charge >= 0.3 is 0 Å². The molecule has 3 heteroatoms. The SMILES string of the molecule is Cc1ccnc2nc(-c3ccc4c(c3)CCC4)[nH]c12. The summed E-state index contributed by atoms with van der Waals surface area (Å²) >= 11 is 0. The largest absolute Gasteiger partial charge is 0.336 e. The van der Waals surface area contributed by atoms with E-state index >= 15 is 0 Å². The van der Waals surface area contributed by atoms with E-state index in [4.69, 9.17) is 0 Å². The average molecular weight is 249 g/mol. The van der Waals surface area contributed by atoms with E-state index in [0.29, 0.717) is 0 Å². The number of nitrogens with zero attached hydrogens (tertiary/aromatic N) is 2. The van der Waals surface area contributed by atoms with Gasteiger partial charge in [0.2, 0.25) is 0 Å². The van der Waals surface area contributed by atoms with Crippen molar-refractivity contribution in [1.29, 1.82) is 0 Å². The molecule has 3 nitrogen and oxygen atoms in total. The summed E-state index contributed by atoms with van der Waals surface area (Å²) in [5.74, 6) is 0.923. The van der Waals surface area contributed by atoms with Crippen molar-refractivity contribution < 1.29 is 0 Å². The van der Waals surface area contributed by atoms with Crippen molar-refractivity contribution in [3.05, 3.63) is 47.2 Å². The van der Waals surface area contributed by atoms with Gasteiger partial charge in [-0.2, -0.15) is 0 Å². The molecule has 19 heavy (non-hydrogen) atoms. The van der Waals surface area contributed by atoms with E-state index in [1.54, 1.807) is 0 Å². The van der Waals surface area contributed by atoms with E-state index in [0.717, 1.165) is 22.6 Å². The minimum Gasteiger partial charge on any atom is -0.336 e.